The highest BCUT2D eigenvalue weighted by Crippen LogP contribution is 2.21. The minimum atomic E-state index is 1.19. The molecule has 0 radical (unpaired) electrons. The van der Waals surface area contributed by atoms with Crippen molar-refractivity contribution in [2.24, 2.45) is 0 Å². The first-order chi connectivity index (χ1) is 11.9. The maximum absolute atomic E-state index is 2.35. The fraction of sp³-hybridized carbons (Fsp3) is 0.250. The third-order valence-electron chi connectivity index (χ3n) is 4.56. The van der Waals surface area contributed by atoms with Gasteiger partial charge in [-0.1, -0.05) is 97.8 Å². The molecule has 0 N–H and O–H groups in total. The van der Waals surface area contributed by atoms with E-state index in [2.05, 4.69) is 84.9 Å². The molecule has 0 bridgehead atoms. The van der Waals surface area contributed by atoms with Crippen LogP contribution in [0.1, 0.15) is 36.8 Å². The molecule has 0 aliphatic rings. The monoisotopic (exact) mass is 314 g/mol. The van der Waals surface area contributed by atoms with Gasteiger partial charge in [0.05, 0.1) is 0 Å². The number of hydrogen-bond acceptors (Lipinski definition) is 0. The lowest BCUT2D eigenvalue weighted by Gasteiger charge is -2.06. The van der Waals surface area contributed by atoms with Gasteiger partial charge in [0.1, 0.15) is 0 Å². The summed E-state index contributed by atoms with van der Waals surface area (Å²) in [6.07, 6.45) is 7.63. The van der Waals surface area contributed by atoms with E-state index in [-0.39, 0.29) is 0 Å². The fourth-order valence-corrected chi connectivity index (χ4v) is 3.19. The second-order valence-electron chi connectivity index (χ2n) is 6.47. The third-order valence-corrected chi connectivity index (χ3v) is 4.56. The molecule has 0 nitrogen and oxygen atoms in total. The topological polar surface area (TPSA) is 0 Å². The minimum Gasteiger partial charge on any atom is -0.0622 e. The highest BCUT2D eigenvalue weighted by molar-refractivity contribution is 5.63. The lowest BCUT2D eigenvalue weighted by Crippen LogP contribution is -1.89. The van der Waals surface area contributed by atoms with Crippen molar-refractivity contribution in [3.05, 3.63) is 96.1 Å². The molecule has 0 fully saturated rings. The van der Waals surface area contributed by atoms with Gasteiger partial charge in [0.2, 0.25) is 0 Å². The van der Waals surface area contributed by atoms with E-state index in [1.165, 1.54) is 60.8 Å². The Bertz CT molecular complexity index is 713. The van der Waals surface area contributed by atoms with Crippen molar-refractivity contribution < 1.29 is 0 Å². The molecular weight excluding hydrogens is 288 g/mol. The Morgan fingerprint density at radius 3 is 1.67 bits per heavy atom. The van der Waals surface area contributed by atoms with Gasteiger partial charge in [0, 0.05) is 0 Å². The van der Waals surface area contributed by atoms with Crippen LogP contribution in [0, 0.1) is 0 Å². The molecule has 3 aromatic rings. The number of benzene rings is 3. The summed E-state index contributed by atoms with van der Waals surface area (Å²) in [6, 6.07) is 30.5. The Morgan fingerprint density at radius 2 is 0.958 bits per heavy atom. The van der Waals surface area contributed by atoms with E-state index < -0.39 is 0 Å². The Morgan fingerprint density at radius 1 is 0.417 bits per heavy atom. The van der Waals surface area contributed by atoms with Crippen LogP contribution in [0.2, 0.25) is 0 Å². The summed E-state index contributed by atoms with van der Waals surface area (Å²) in [7, 11) is 0. The summed E-state index contributed by atoms with van der Waals surface area (Å²) >= 11 is 0. The van der Waals surface area contributed by atoms with Crippen LogP contribution in [0.3, 0.4) is 0 Å². The predicted octanol–water partition coefficient (Wildman–Crippen LogP) is 6.70. The number of rotatable bonds is 8. The Balaban J connectivity index is 1.41. The second-order valence-corrected chi connectivity index (χ2v) is 6.47. The highest BCUT2D eigenvalue weighted by atomic mass is 14.0. The van der Waals surface area contributed by atoms with E-state index in [4.69, 9.17) is 0 Å². The molecule has 0 aliphatic carbocycles. The Labute approximate surface area is 146 Å². The molecule has 0 aliphatic heterocycles. The van der Waals surface area contributed by atoms with E-state index in [0.717, 1.165) is 0 Å². The molecule has 3 rings (SSSR count). The van der Waals surface area contributed by atoms with Gasteiger partial charge in [-0.05, 0) is 47.9 Å². The molecule has 24 heavy (non-hydrogen) atoms. The van der Waals surface area contributed by atoms with Gasteiger partial charge in [-0.3, -0.25) is 0 Å². The molecule has 0 amide bonds. The average molecular weight is 314 g/mol. The van der Waals surface area contributed by atoms with Crippen molar-refractivity contribution in [1.29, 1.82) is 0 Å². The van der Waals surface area contributed by atoms with E-state index in [9.17, 15) is 0 Å². The molecule has 0 aromatic heterocycles. The maximum Gasteiger partial charge on any atom is -0.0181 e. The van der Waals surface area contributed by atoms with Crippen molar-refractivity contribution in [2.75, 3.05) is 0 Å². The van der Waals surface area contributed by atoms with E-state index in [1.807, 2.05) is 0 Å². The third kappa shape index (κ3) is 5.09. The summed E-state index contributed by atoms with van der Waals surface area (Å²) in [5.41, 5.74) is 5.56. The van der Waals surface area contributed by atoms with Gasteiger partial charge in [0.15, 0.2) is 0 Å². The van der Waals surface area contributed by atoms with E-state index in [1.54, 1.807) is 0 Å². The summed E-state index contributed by atoms with van der Waals surface area (Å²) in [5, 5.41) is 0. The zero-order valence-electron chi connectivity index (χ0n) is 14.3. The van der Waals surface area contributed by atoms with E-state index in [0.29, 0.717) is 0 Å². The molecule has 0 saturated carbocycles. The Hall–Kier alpha value is -2.34. The summed E-state index contributed by atoms with van der Waals surface area (Å²) < 4.78 is 0. The molecule has 122 valence electrons. The first-order valence-electron chi connectivity index (χ1n) is 9.10. The molecule has 0 heterocycles. The van der Waals surface area contributed by atoms with Crippen LogP contribution in [-0.2, 0) is 12.8 Å². The van der Waals surface area contributed by atoms with Gasteiger partial charge in [-0.25, -0.2) is 0 Å². The van der Waals surface area contributed by atoms with Crippen molar-refractivity contribution in [3.8, 4) is 11.1 Å². The largest absolute Gasteiger partial charge is 0.0622 e. The van der Waals surface area contributed by atoms with E-state index >= 15 is 0 Å². The average Bonchev–Trinajstić information content (AvgIpc) is 2.66. The zero-order valence-corrected chi connectivity index (χ0v) is 14.3. The van der Waals surface area contributed by atoms with Gasteiger partial charge >= 0.3 is 0 Å². The zero-order chi connectivity index (χ0) is 16.5. The van der Waals surface area contributed by atoms with Crippen molar-refractivity contribution in [1.82, 2.24) is 0 Å². The van der Waals surface area contributed by atoms with Crippen LogP contribution in [0.4, 0.5) is 0 Å². The van der Waals surface area contributed by atoms with Crippen LogP contribution < -0.4 is 0 Å². The standard InChI is InChI=1S/C24H26/c1(5-12-21-13-7-3-8-14-21)2-6-15-22-16-11-19-24(20-22)23-17-9-4-10-18-23/h3-4,7-11,13-14,16-20H,1-2,5-6,12,15H2. The predicted molar refractivity (Wildman–Crippen MR) is 104 cm³/mol. The molecular formula is C24H26. The highest BCUT2D eigenvalue weighted by Gasteiger charge is 1.99. The minimum absolute atomic E-state index is 1.19. The first-order valence-corrected chi connectivity index (χ1v) is 9.10. The van der Waals surface area contributed by atoms with Gasteiger partial charge in [-0.2, -0.15) is 0 Å². The van der Waals surface area contributed by atoms with Crippen LogP contribution in [0.15, 0.2) is 84.9 Å². The summed E-state index contributed by atoms with van der Waals surface area (Å²) in [6.45, 7) is 0. The summed E-state index contributed by atoms with van der Waals surface area (Å²) in [4.78, 5) is 0. The van der Waals surface area contributed by atoms with Crippen LogP contribution in [-0.4, -0.2) is 0 Å². The van der Waals surface area contributed by atoms with Gasteiger partial charge in [0.25, 0.3) is 0 Å². The first kappa shape index (κ1) is 16.5. The molecule has 0 atom stereocenters. The quantitative estimate of drug-likeness (QED) is 0.406. The van der Waals surface area contributed by atoms with Crippen LogP contribution in [0.5, 0.6) is 0 Å². The second kappa shape index (κ2) is 9.08. The molecule has 0 saturated heterocycles. The number of unbranched alkanes of at least 4 members (excludes halogenated alkanes) is 3. The Kier molecular flexibility index (Phi) is 6.25. The van der Waals surface area contributed by atoms with Crippen molar-refractivity contribution in [2.45, 2.75) is 38.5 Å². The molecule has 0 heteroatoms. The fourth-order valence-electron chi connectivity index (χ4n) is 3.19. The summed E-state index contributed by atoms with van der Waals surface area (Å²) in [5.74, 6) is 0. The lowest BCUT2D eigenvalue weighted by atomic mass is 9.99. The molecule has 0 spiro atoms. The lowest BCUT2D eigenvalue weighted by molar-refractivity contribution is 0.640. The van der Waals surface area contributed by atoms with Crippen molar-refractivity contribution >= 4 is 0 Å². The van der Waals surface area contributed by atoms with Crippen LogP contribution >= 0.6 is 0 Å². The van der Waals surface area contributed by atoms with Gasteiger partial charge in [-0.15, -0.1) is 0 Å². The molecule has 3 aromatic carbocycles. The van der Waals surface area contributed by atoms with Crippen molar-refractivity contribution in [3.63, 3.8) is 0 Å². The normalized spacial score (nSPS) is 10.7. The van der Waals surface area contributed by atoms with Gasteiger partial charge < -0.3 is 0 Å². The van der Waals surface area contributed by atoms with Crippen LogP contribution in [0.25, 0.3) is 11.1 Å². The maximum atomic E-state index is 2.35. The number of aryl methyl sites for hydroxylation is 2. The smallest absolute Gasteiger partial charge is 0.0181 e. The SMILES string of the molecule is c1ccc(CCCCCCc2cccc(-c3ccccc3)c2)cc1. The molecule has 0 unspecified atom stereocenters. The number of hydrogen-bond donors (Lipinski definition) is 0.